The van der Waals surface area contributed by atoms with Crippen LogP contribution in [0.25, 0.3) is 11.3 Å². The van der Waals surface area contributed by atoms with E-state index >= 15 is 0 Å². The first-order valence-electron chi connectivity index (χ1n) is 10.0. The van der Waals surface area contributed by atoms with Gasteiger partial charge in [-0.25, -0.2) is 0 Å². The number of aliphatic hydroxyl groups is 1. The van der Waals surface area contributed by atoms with E-state index in [1.54, 1.807) is 61.5 Å². The van der Waals surface area contributed by atoms with Crippen LogP contribution in [0.3, 0.4) is 0 Å². The fraction of sp³-hybridized carbons (Fsp3) is 0.0800. The number of hydrogen-bond donors (Lipinski definition) is 2. The van der Waals surface area contributed by atoms with Crippen LogP contribution in [0, 0.1) is 17.0 Å². The van der Waals surface area contributed by atoms with Gasteiger partial charge in [-0.2, -0.15) is 0 Å². The lowest BCUT2D eigenvalue weighted by atomic mass is 10.00. The van der Waals surface area contributed by atoms with Gasteiger partial charge in [0.1, 0.15) is 11.9 Å². The average molecular weight is 463 g/mol. The van der Waals surface area contributed by atoms with Crippen LogP contribution in [-0.2, 0) is 0 Å². The highest BCUT2D eigenvalue weighted by atomic mass is 35.5. The molecule has 166 valence electrons. The van der Waals surface area contributed by atoms with Gasteiger partial charge in [-0.05, 0) is 54.4 Å². The molecule has 0 saturated heterocycles. The summed E-state index contributed by atoms with van der Waals surface area (Å²) in [6.45, 7) is 1.76. The number of nitro groups is 1. The van der Waals surface area contributed by atoms with Crippen molar-refractivity contribution in [3.8, 4) is 11.3 Å². The first-order valence-corrected chi connectivity index (χ1v) is 10.4. The van der Waals surface area contributed by atoms with Crippen molar-refractivity contribution in [1.82, 2.24) is 0 Å². The quantitative estimate of drug-likeness (QED) is 0.264. The zero-order valence-electron chi connectivity index (χ0n) is 17.5. The molecular formula is C25H19ClN2O5. The third-order valence-electron chi connectivity index (χ3n) is 5.12. The number of amides is 1. The molecule has 7 nitrogen and oxygen atoms in total. The SMILES string of the molecule is Cc1ccc(-c2ccc(C(=O)Nc3ccc(Cl)cc3[C@H](O)c3ccccc3)o2)c([N+](=O)[O-])c1. The molecule has 8 heteroatoms. The van der Waals surface area contributed by atoms with Crippen molar-refractivity contribution in [2.24, 2.45) is 0 Å². The van der Waals surface area contributed by atoms with Crippen LogP contribution in [0.5, 0.6) is 0 Å². The zero-order valence-corrected chi connectivity index (χ0v) is 18.2. The molecule has 1 aromatic heterocycles. The number of benzene rings is 3. The number of halogens is 1. The number of rotatable bonds is 6. The molecular weight excluding hydrogens is 444 g/mol. The molecule has 0 aliphatic heterocycles. The summed E-state index contributed by atoms with van der Waals surface area (Å²) < 4.78 is 5.64. The van der Waals surface area contributed by atoms with Crippen molar-refractivity contribution in [3.63, 3.8) is 0 Å². The average Bonchev–Trinajstić information content (AvgIpc) is 3.30. The summed E-state index contributed by atoms with van der Waals surface area (Å²) in [6.07, 6.45) is -1.01. The van der Waals surface area contributed by atoms with Crippen LogP contribution in [0.15, 0.2) is 83.3 Å². The first-order chi connectivity index (χ1) is 15.8. The lowest BCUT2D eigenvalue weighted by Gasteiger charge is -2.17. The number of aryl methyl sites for hydroxylation is 1. The fourth-order valence-electron chi connectivity index (χ4n) is 3.48. The summed E-state index contributed by atoms with van der Waals surface area (Å²) >= 11 is 6.13. The van der Waals surface area contributed by atoms with Gasteiger partial charge < -0.3 is 14.8 Å². The maximum Gasteiger partial charge on any atom is 0.291 e. The molecule has 1 amide bonds. The number of aliphatic hydroxyl groups excluding tert-OH is 1. The monoisotopic (exact) mass is 462 g/mol. The Morgan fingerprint density at radius 2 is 1.82 bits per heavy atom. The highest BCUT2D eigenvalue weighted by Gasteiger charge is 2.22. The Hall–Kier alpha value is -3.94. The third kappa shape index (κ3) is 4.79. The van der Waals surface area contributed by atoms with E-state index in [2.05, 4.69) is 5.32 Å². The van der Waals surface area contributed by atoms with Gasteiger partial charge in [-0.3, -0.25) is 14.9 Å². The number of hydrogen-bond acceptors (Lipinski definition) is 5. The van der Waals surface area contributed by atoms with E-state index in [0.717, 1.165) is 5.56 Å². The van der Waals surface area contributed by atoms with Gasteiger partial charge in [0.15, 0.2) is 5.76 Å². The second-order valence-electron chi connectivity index (χ2n) is 7.44. The molecule has 1 atom stereocenters. The molecule has 0 saturated carbocycles. The Labute approximate surface area is 194 Å². The Morgan fingerprint density at radius 3 is 2.55 bits per heavy atom. The second kappa shape index (κ2) is 9.28. The standard InChI is InChI=1S/C25H19ClN2O5/c1-15-7-9-18(21(13-15)28(31)32)22-11-12-23(33-22)25(30)27-20-10-8-17(26)14-19(20)24(29)16-5-3-2-4-6-16/h2-14,24,29H,1H3,(H,27,30)/t24-/m1/s1. The predicted octanol–water partition coefficient (Wildman–Crippen LogP) is 6.15. The minimum atomic E-state index is -1.01. The molecule has 3 aromatic carbocycles. The highest BCUT2D eigenvalue weighted by Crippen LogP contribution is 2.34. The summed E-state index contributed by atoms with van der Waals surface area (Å²) in [4.78, 5) is 23.8. The predicted molar refractivity (Wildman–Crippen MR) is 125 cm³/mol. The number of carbonyl (C=O) groups excluding carboxylic acids is 1. The highest BCUT2D eigenvalue weighted by molar-refractivity contribution is 6.30. The molecule has 0 fully saturated rings. The Balaban J connectivity index is 1.62. The van der Waals surface area contributed by atoms with Crippen LogP contribution in [-0.4, -0.2) is 15.9 Å². The van der Waals surface area contributed by atoms with Crippen LogP contribution in [0.2, 0.25) is 5.02 Å². The van der Waals surface area contributed by atoms with E-state index < -0.39 is 16.9 Å². The fourth-order valence-corrected chi connectivity index (χ4v) is 3.66. The van der Waals surface area contributed by atoms with E-state index in [-0.39, 0.29) is 22.8 Å². The summed E-state index contributed by atoms with van der Waals surface area (Å²) in [5, 5.41) is 25.4. The second-order valence-corrected chi connectivity index (χ2v) is 7.88. The number of nitrogens with one attached hydrogen (secondary N) is 1. The largest absolute Gasteiger partial charge is 0.451 e. The van der Waals surface area contributed by atoms with Crippen molar-refractivity contribution in [2.45, 2.75) is 13.0 Å². The zero-order chi connectivity index (χ0) is 23.5. The molecule has 0 aliphatic rings. The van der Waals surface area contributed by atoms with Gasteiger partial charge in [0.2, 0.25) is 0 Å². The van der Waals surface area contributed by atoms with Crippen molar-refractivity contribution in [2.75, 3.05) is 5.32 Å². The topological polar surface area (TPSA) is 106 Å². The number of nitro benzene ring substituents is 1. The maximum absolute atomic E-state index is 12.9. The van der Waals surface area contributed by atoms with Crippen LogP contribution >= 0.6 is 11.6 Å². The molecule has 4 aromatic rings. The summed E-state index contributed by atoms with van der Waals surface area (Å²) in [7, 11) is 0. The summed E-state index contributed by atoms with van der Waals surface area (Å²) in [5.41, 5.74) is 2.33. The van der Waals surface area contributed by atoms with E-state index in [0.29, 0.717) is 21.8 Å². The number of carbonyl (C=O) groups is 1. The Kier molecular flexibility index (Phi) is 6.26. The van der Waals surface area contributed by atoms with Crippen molar-refractivity contribution in [3.05, 3.63) is 116 Å². The number of anilines is 1. The smallest absolute Gasteiger partial charge is 0.291 e. The van der Waals surface area contributed by atoms with Gasteiger partial charge >= 0.3 is 0 Å². The lowest BCUT2D eigenvalue weighted by Crippen LogP contribution is -2.14. The molecule has 0 spiro atoms. The summed E-state index contributed by atoms with van der Waals surface area (Å²) in [6, 6.07) is 21.5. The van der Waals surface area contributed by atoms with Crippen LogP contribution < -0.4 is 5.32 Å². The molecule has 1 heterocycles. The molecule has 0 unspecified atom stereocenters. The molecule has 2 N–H and O–H groups in total. The maximum atomic E-state index is 12.9. The van der Waals surface area contributed by atoms with Gasteiger partial charge in [-0.1, -0.05) is 48.0 Å². The molecule has 4 rings (SSSR count). The van der Waals surface area contributed by atoms with Crippen LogP contribution in [0.1, 0.15) is 33.3 Å². The van der Waals surface area contributed by atoms with E-state index in [9.17, 15) is 20.0 Å². The van der Waals surface area contributed by atoms with E-state index in [4.69, 9.17) is 16.0 Å². The van der Waals surface area contributed by atoms with Crippen molar-refractivity contribution < 1.29 is 19.2 Å². The molecule has 0 radical (unpaired) electrons. The minimum absolute atomic E-state index is 0.0324. The van der Waals surface area contributed by atoms with E-state index in [1.807, 2.05) is 6.07 Å². The third-order valence-corrected chi connectivity index (χ3v) is 5.35. The lowest BCUT2D eigenvalue weighted by molar-refractivity contribution is -0.384. The van der Waals surface area contributed by atoms with Gasteiger partial charge in [0.05, 0.1) is 10.5 Å². The molecule has 0 bridgehead atoms. The Morgan fingerprint density at radius 1 is 1.06 bits per heavy atom. The van der Waals surface area contributed by atoms with Gasteiger partial charge in [0.25, 0.3) is 11.6 Å². The molecule has 33 heavy (non-hydrogen) atoms. The van der Waals surface area contributed by atoms with Gasteiger partial charge in [0, 0.05) is 22.3 Å². The summed E-state index contributed by atoms with van der Waals surface area (Å²) in [5.74, 6) is -0.401. The normalized spacial score (nSPS) is 11.7. The Bertz CT molecular complexity index is 1330. The van der Waals surface area contributed by atoms with E-state index in [1.165, 1.54) is 18.2 Å². The van der Waals surface area contributed by atoms with Crippen molar-refractivity contribution in [1.29, 1.82) is 0 Å². The first kappa shape index (κ1) is 22.3. The van der Waals surface area contributed by atoms with Gasteiger partial charge in [-0.15, -0.1) is 0 Å². The van der Waals surface area contributed by atoms with Crippen molar-refractivity contribution >= 4 is 28.9 Å². The van der Waals surface area contributed by atoms with Crippen LogP contribution in [0.4, 0.5) is 11.4 Å². The minimum Gasteiger partial charge on any atom is -0.451 e. The molecule has 0 aliphatic carbocycles. The number of furan rings is 1. The number of nitrogens with zero attached hydrogens (tertiary/aromatic N) is 1.